The van der Waals surface area contributed by atoms with E-state index in [1.54, 1.807) is 11.9 Å². The summed E-state index contributed by atoms with van der Waals surface area (Å²) in [6.07, 6.45) is 1.44. The molecule has 2 aromatic carbocycles. The van der Waals surface area contributed by atoms with Gasteiger partial charge < -0.3 is 30.1 Å². The van der Waals surface area contributed by atoms with Crippen molar-refractivity contribution in [1.82, 2.24) is 9.80 Å². The van der Waals surface area contributed by atoms with Crippen molar-refractivity contribution in [3.8, 4) is 0 Å². The van der Waals surface area contributed by atoms with Crippen LogP contribution in [0.4, 0.5) is 21.9 Å². The van der Waals surface area contributed by atoms with Crippen molar-refractivity contribution in [2.75, 3.05) is 68.5 Å². The van der Waals surface area contributed by atoms with E-state index in [1.165, 1.54) is 4.90 Å². The van der Waals surface area contributed by atoms with Crippen LogP contribution in [0.15, 0.2) is 54.6 Å². The minimum Gasteiger partial charge on any atom is -0.378 e. The highest BCUT2D eigenvalue weighted by Crippen LogP contribution is 2.21. The van der Waals surface area contributed by atoms with Gasteiger partial charge in [-0.15, -0.1) is 0 Å². The topological polar surface area (TPSA) is 94.2 Å². The predicted octanol–water partition coefficient (Wildman–Crippen LogP) is 2.86. The van der Waals surface area contributed by atoms with Gasteiger partial charge in [0.2, 0.25) is 11.8 Å². The Morgan fingerprint density at radius 1 is 0.943 bits per heavy atom. The summed E-state index contributed by atoms with van der Waals surface area (Å²) in [5, 5.41) is 5.74. The lowest BCUT2D eigenvalue weighted by molar-refractivity contribution is -0.138. The largest absolute Gasteiger partial charge is 0.378 e. The third-order valence-electron chi connectivity index (χ3n) is 6.37. The average Bonchev–Trinajstić information content (AvgIpc) is 2.89. The number of likely N-dealkylation sites (N-methyl/N-ethyl adjacent to an activating group) is 1. The number of rotatable bonds is 6. The molecule has 4 rings (SSSR count). The molecule has 9 heteroatoms. The van der Waals surface area contributed by atoms with E-state index in [1.807, 2.05) is 54.6 Å². The Hall–Kier alpha value is -3.59. The van der Waals surface area contributed by atoms with E-state index in [9.17, 15) is 14.4 Å². The van der Waals surface area contributed by atoms with Gasteiger partial charge in [0.1, 0.15) is 0 Å². The molecule has 9 nitrogen and oxygen atoms in total. The van der Waals surface area contributed by atoms with Crippen LogP contribution in [0.1, 0.15) is 12.8 Å². The number of carbonyl (C=O) groups is 3. The molecule has 0 aromatic heterocycles. The maximum atomic E-state index is 13.0. The standard InChI is InChI=1S/C26H33N5O4/c1-29(19-24(32)27-22-9-11-23(12-10-22)30-14-16-35-17-15-30)25(33)20-6-5-13-31(18-20)26(34)28-21-7-3-2-4-8-21/h2-4,7-12,20H,5-6,13-19H2,1H3,(H,27,32)(H,28,34). The number of nitrogens with one attached hydrogen (secondary N) is 2. The van der Waals surface area contributed by atoms with Gasteiger partial charge in [0, 0.05) is 50.3 Å². The van der Waals surface area contributed by atoms with Gasteiger partial charge in [0.25, 0.3) is 0 Å². The molecule has 1 unspecified atom stereocenters. The first-order valence-corrected chi connectivity index (χ1v) is 12.1. The number of hydrogen-bond acceptors (Lipinski definition) is 5. The van der Waals surface area contributed by atoms with Gasteiger partial charge in [-0.1, -0.05) is 18.2 Å². The maximum Gasteiger partial charge on any atom is 0.321 e. The first-order chi connectivity index (χ1) is 17.0. The summed E-state index contributed by atoms with van der Waals surface area (Å²) < 4.78 is 5.39. The molecule has 2 heterocycles. The third-order valence-corrected chi connectivity index (χ3v) is 6.37. The smallest absolute Gasteiger partial charge is 0.321 e. The van der Waals surface area contributed by atoms with Crippen LogP contribution in [0.2, 0.25) is 0 Å². The van der Waals surface area contributed by atoms with Crippen molar-refractivity contribution in [3.63, 3.8) is 0 Å². The second-order valence-corrected chi connectivity index (χ2v) is 8.97. The van der Waals surface area contributed by atoms with E-state index in [2.05, 4.69) is 15.5 Å². The van der Waals surface area contributed by atoms with E-state index in [0.717, 1.165) is 44.1 Å². The van der Waals surface area contributed by atoms with Crippen LogP contribution in [0.5, 0.6) is 0 Å². The van der Waals surface area contributed by atoms with Crippen molar-refractivity contribution in [3.05, 3.63) is 54.6 Å². The highest BCUT2D eigenvalue weighted by atomic mass is 16.5. The van der Waals surface area contributed by atoms with Crippen molar-refractivity contribution >= 4 is 34.9 Å². The minimum atomic E-state index is -0.323. The molecular formula is C26H33N5O4. The quantitative estimate of drug-likeness (QED) is 0.665. The van der Waals surface area contributed by atoms with Crippen LogP contribution in [-0.4, -0.2) is 80.6 Å². The number of nitrogens with zero attached hydrogens (tertiary/aromatic N) is 3. The Morgan fingerprint density at radius 3 is 2.34 bits per heavy atom. The van der Waals surface area contributed by atoms with Crippen molar-refractivity contribution in [2.24, 2.45) is 5.92 Å². The third kappa shape index (κ3) is 6.73. The first-order valence-electron chi connectivity index (χ1n) is 12.1. The molecule has 2 aliphatic heterocycles. The molecular weight excluding hydrogens is 446 g/mol. The molecule has 0 aliphatic carbocycles. The average molecular weight is 480 g/mol. The summed E-state index contributed by atoms with van der Waals surface area (Å²) in [5.41, 5.74) is 2.50. The van der Waals surface area contributed by atoms with Gasteiger partial charge in [0.05, 0.1) is 25.7 Å². The number of carbonyl (C=O) groups excluding carboxylic acids is 3. The lowest BCUT2D eigenvalue weighted by atomic mass is 9.97. The van der Waals surface area contributed by atoms with Gasteiger partial charge in [0.15, 0.2) is 0 Å². The molecule has 186 valence electrons. The van der Waals surface area contributed by atoms with E-state index in [4.69, 9.17) is 4.74 Å². The van der Waals surface area contributed by atoms with Crippen molar-refractivity contribution in [2.45, 2.75) is 12.8 Å². The Bertz CT molecular complexity index is 1010. The number of likely N-dealkylation sites (tertiary alicyclic amines) is 1. The zero-order valence-corrected chi connectivity index (χ0v) is 20.1. The molecule has 2 fully saturated rings. The fraction of sp³-hybridized carbons (Fsp3) is 0.423. The van der Waals surface area contributed by atoms with Crippen LogP contribution in [-0.2, 0) is 14.3 Å². The molecule has 2 aliphatic rings. The van der Waals surface area contributed by atoms with Crippen LogP contribution in [0.25, 0.3) is 0 Å². The second-order valence-electron chi connectivity index (χ2n) is 8.97. The number of piperidine rings is 1. The summed E-state index contributed by atoms with van der Waals surface area (Å²) in [6.45, 7) is 4.04. The van der Waals surface area contributed by atoms with E-state index >= 15 is 0 Å². The van der Waals surface area contributed by atoms with Crippen LogP contribution < -0.4 is 15.5 Å². The number of ether oxygens (including phenoxy) is 1. The van der Waals surface area contributed by atoms with Crippen LogP contribution >= 0.6 is 0 Å². The second kappa shape index (κ2) is 11.7. The summed E-state index contributed by atoms with van der Waals surface area (Å²) in [5.74, 6) is -0.703. The number of anilines is 3. The molecule has 35 heavy (non-hydrogen) atoms. The van der Waals surface area contributed by atoms with Crippen molar-refractivity contribution in [1.29, 1.82) is 0 Å². The van der Waals surface area contributed by atoms with Crippen LogP contribution in [0, 0.1) is 5.92 Å². The number of para-hydroxylation sites is 1. The number of benzene rings is 2. The lowest BCUT2D eigenvalue weighted by Crippen LogP contribution is -2.48. The van der Waals surface area contributed by atoms with Gasteiger partial charge in [-0.05, 0) is 49.2 Å². The minimum absolute atomic E-state index is 0.0449. The summed E-state index contributed by atoms with van der Waals surface area (Å²) in [6, 6.07) is 16.7. The lowest BCUT2D eigenvalue weighted by Gasteiger charge is -2.33. The highest BCUT2D eigenvalue weighted by molar-refractivity contribution is 5.95. The first kappa shape index (κ1) is 24.5. The van der Waals surface area contributed by atoms with Gasteiger partial charge in [-0.25, -0.2) is 4.79 Å². The molecule has 0 bridgehead atoms. The van der Waals surface area contributed by atoms with E-state index < -0.39 is 0 Å². The number of urea groups is 1. The summed E-state index contributed by atoms with van der Waals surface area (Å²) >= 11 is 0. The maximum absolute atomic E-state index is 13.0. The van der Waals surface area contributed by atoms with Crippen LogP contribution in [0.3, 0.4) is 0 Å². The molecule has 1 atom stereocenters. The monoisotopic (exact) mass is 479 g/mol. The zero-order chi connectivity index (χ0) is 24.6. The zero-order valence-electron chi connectivity index (χ0n) is 20.1. The Balaban J connectivity index is 1.25. The molecule has 2 saturated heterocycles. The van der Waals surface area contributed by atoms with Gasteiger partial charge >= 0.3 is 6.03 Å². The predicted molar refractivity (Wildman–Crippen MR) is 135 cm³/mol. The summed E-state index contributed by atoms with van der Waals surface area (Å²) in [7, 11) is 1.63. The van der Waals surface area contributed by atoms with E-state index in [-0.39, 0.29) is 30.3 Å². The molecule has 0 saturated carbocycles. The fourth-order valence-electron chi connectivity index (χ4n) is 4.47. The fourth-order valence-corrected chi connectivity index (χ4v) is 4.47. The van der Waals surface area contributed by atoms with E-state index in [0.29, 0.717) is 25.2 Å². The molecule has 0 radical (unpaired) electrons. The van der Waals surface area contributed by atoms with Gasteiger partial charge in [-0.2, -0.15) is 0 Å². The molecule has 4 amide bonds. The molecule has 0 spiro atoms. The number of amides is 4. The Morgan fingerprint density at radius 2 is 1.63 bits per heavy atom. The molecule has 2 N–H and O–H groups in total. The Labute approximate surface area is 206 Å². The normalized spacial score (nSPS) is 18.0. The number of morpholine rings is 1. The molecule has 2 aromatic rings. The van der Waals surface area contributed by atoms with Crippen molar-refractivity contribution < 1.29 is 19.1 Å². The van der Waals surface area contributed by atoms with Gasteiger partial charge in [-0.3, -0.25) is 9.59 Å². The number of hydrogen-bond donors (Lipinski definition) is 2. The SMILES string of the molecule is CN(CC(=O)Nc1ccc(N2CCOCC2)cc1)C(=O)C1CCCN(C(=O)Nc2ccccc2)C1. The summed E-state index contributed by atoms with van der Waals surface area (Å²) in [4.78, 5) is 43.6. The Kier molecular flexibility index (Phi) is 8.20. The highest BCUT2D eigenvalue weighted by Gasteiger charge is 2.30.